The van der Waals surface area contributed by atoms with Crippen molar-refractivity contribution in [1.29, 1.82) is 0 Å². The molecule has 19 heteroatoms. The molecule has 3 heterocycles. The molecule has 50 heavy (non-hydrogen) atoms. The van der Waals surface area contributed by atoms with E-state index in [1.807, 2.05) is 17.6 Å². The summed E-state index contributed by atoms with van der Waals surface area (Å²) >= 11 is 0. The molecule has 16 nitrogen and oxygen atoms in total. The van der Waals surface area contributed by atoms with Gasteiger partial charge in [-0.3, -0.25) is 0 Å². The molecular formula is C31H32F3N9O7. The van der Waals surface area contributed by atoms with Crippen LogP contribution in [0.5, 0.6) is 5.75 Å². The number of carboxylic acids is 1. The van der Waals surface area contributed by atoms with E-state index in [0.717, 1.165) is 0 Å². The molecule has 2 amide bonds. The number of halogens is 3. The second-order valence-electron chi connectivity index (χ2n) is 10.1. The Kier molecular flexibility index (Phi) is 11.9. The number of hydrogen-bond acceptors (Lipinski definition) is 12. The number of imidazole rings is 1. The highest BCUT2D eigenvalue weighted by molar-refractivity contribution is 6.02. The molecule has 2 aromatic carbocycles. The number of amides is 2. The monoisotopic (exact) mass is 699 g/mol. The molecule has 0 unspecified atom stereocenters. The zero-order valence-electron chi connectivity index (χ0n) is 26.7. The van der Waals surface area contributed by atoms with Gasteiger partial charge in [0.05, 0.1) is 30.7 Å². The van der Waals surface area contributed by atoms with E-state index in [9.17, 15) is 22.8 Å². The first kappa shape index (κ1) is 36.6. The number of carboxylic acid groups (broad SMARTS) is 1. The molecule has 0 saturated carbocycles. The lowest BCUT2D eigenvalue weighted by Crippen LogP contribution is -2.21. The fourth-order valence-corrected chi connectivity index (χ4v) is 4.51. The summed E-state index contributed by atoms with van der Waals surface area (Å²) in [5.74, 6) is -2.14. The van der Waals surface area contributed by atoms with Crippen molar-refractivity contribution in [2.45, 2.75) is 33.0 Å². The summed E-state index contributed by atoms with van der Waals surface area (Å²) in [5.41, 5.74) is 15.7. The molecule has 0 radical (unpaired) electrons. The number of nitrogens with one attached hydrogen (secondary N) is 2. The molecule has 0 aliphatic carbocycles. The Morgan fingerprint density at radius 3 is 2.30 bits per heavy atom. The van der Waals surface area contributed by atoms with Crippen LogP contribution in [0.1, 0.15) is 30.6 Å². The maximum absolute atomic E-state index is 12.8. The second kappa shape index (κ2) is 16.2. The van der Waals surface area contributed by atoms with E-state index in [1.54, 1.807) is 55.6 Å². The van der Waals surface area contributed by atoms with E-state index in [0.29, 0.717) is 82.6 Å². The lowest BCUT2D eigenvalue weighted by molar-refractivity contribution is -0.192. The van der Waals surface area contributed by atoms with Crippen molar-refractivity contribution in [3.63, 3.8) is 0 Å². The van der Waals surface area contributed by atoms with Gasteiger partial charge in [-0.05, 0) is 67.5 Å². The van der Waals surface area contributed by atoms with Crippen molar-refractivity contribution in [2.24, 2.45) is 5.73 Å². The van der Waals surface area contributed by atoms with Crippen LogP contribution < -0.4 is 26.8 Å². The average molecular weight is 700 g/mol. The third-order valence-electron chi connectivity index (χ3n) is 6.65. The van der Waals surface area contributed by atoms with E-state index in [1.165, 1.54) is 0 Å². The molecule has 3 aromatic heterocycles. The van der Waals surface area contributed by atoms with E-state index in [2.05, 4.69) is 25.9 Å². The number of anilines is 3. The number of alkyl halides is 3. The van der Waals surface area contributed by atoms with Gasteiger partial charge in [0, 0.05) is 23.5 Å². The van der Waals surface area contributed by atoms with Crippen LogP contribution in [0.3, 0.4) is 0 Å². The highest BCUT2D eigenvalue weighted by atomic mass is 19.4. The molecular weight excluding hydrogens is 667 g/mol. The Morgan fingerprint density at radius 2 is 1.70 bits per heavy atom. The smallest absolute Gasteiger partial charge is 0.490 e. The number of nitrogens with two attached hydrogens (primary N) is 2. The number of aromatic nitrogens is 5. The van der Waals surface area contributed by atoms with Gasteiger partial charge in [-0.25, -0.2) is 29.0 Å². The maximum atomic E-state index is 12.8. The summed E-state index contributed by atoms with van der Waals surface area (Å²) in [6, 6.07) is 13.2. The molecule has 5 rings (SSSR count). The minimum Gasteiger partial charge on any atom is -0.490 e. The summed E-state index contributed by atoms with van der Waals surface area (Å²) < 4.78 is 49.6. The van der Waals surface area contributed by atoms with E-state index in [-0.39, 0.29) is 12.4 Å². The van der Waals surface area contributed by atoms with Gasteiger partial charge in [-0.15, -0.1) is 0 Å². The normalized spacial score (nSPS) is 11.0. The van der Waals surface area contributed by atoms with Crippen molar-refractivity contribution >= 4 is 46.2 Å². The standard InChI is InChI=1S/C29H31N9O5.C2HF3O2/c1-3-38-25-21(42-13-7-12-30)16-32-22(23(25)35-27(38)24-26(31)37-43-36-24)17-8-5-10-19(14-17)33-29(40)34-20-11-6-9-18(15-20)28(39)41-4-2;3-2(4,5)1(6)7/h5-6,8-11,14-16H,3-4,7,12-13,30H2,1-2H3,(H2,31,37)(H2,33,34,40);(H,6,7). The third kappa shape index (κ3) is 8.81. The summed E-state index contributed by atoms with van der Waals surface area (Å²) in [6.45, 7) is 5.35. The number of rotatable bonds is 11. The number of esters is 1. The number of aryl methyl sites for hydroxylation is 1. The summed E-state index contributed by atoms with van der Waals surface area (Å²) in [6.07, 6.45) is -2.78. The fraction of sp³-hybridized carbons (Fsp3) is 0.258. The molecule has 0 bridgehead atoms. The summed E-state index contributed by atoms with van der Waals surface area (Å²) in [5, 5.41) is 20.3. The van der Waals surface area contributed by atoms with Gasteiger partial charge in [0.25, 0.3) is 0 Å². The van der Waals surface area contributed by atoms with Gasteiger partial charge in [0.1, 0.15) is 11.0 Å². The number of benzene rings is 2. The third-order valence-corrected chi connectivity index (χ3v) is 6.65. The number of urea groups is 1. The zero-order chi connectivity index (χ0) is 36.4. The first-order valence-electron chi connectivity index (χ1n) is 14.9. The highest BCUT2D eigenvalue weighted by Gasteiger charge is 2.38. The van der Waals surface area contributed by atoms with E-state index < -0.39 is 24.1 Å². The lowest BCUT2D eigenvalue weighted by Gasteiger charge is -2.12. The van der Waals surface area contributed by atoms with Crippen LogP contribution in [0, 0.1) is 0 Å². The van der Waals surface area contributed by atoms with Gasteiger partial charge < -0.3 is 41.2 Å². The Bertz CT molecular complexity index is 1980. The van der Waals surface area contributed by atoms with Crippen molar-refractivity contribution in [3.8, 4) is 28.5 Å². The van der Waals surface area contributed by atoms with Crippen molar-refractivity contribution in [2.75, 3.05) is 36.1 Å². The Labute approximate surface area is 281 Å². The molecule has 0 fully saturated rings. The predicted octanol–water partition coefficient (Wildman–Crippen LogP) is 4.93. The molecule has 0 saturated heterocycles. The first-order chi connectivity index (χ1) is 23.9. The van der Waals surface area contributed by atoms with E-state index >= 15 is 0 Å². The molecule has 264 valence electrons. The second-order valence-corrected chi connectivity index (χ2v) is 10.1. The largest absolute Gasteiger partial charge is 0.490 e. The molecule has 7 N–H and O–H groups in total. The van der Waals surface area contributed by atoms with Crippen LogP contribution in [0.4, 0.5) is 35.2 Å². The quantitative estimate of drug-likeness (QED) is 0.0909. The SMILES string of the molecule is CCOC(=O)c1cccc(NC(=O)Nc2cccc(-c3ncc(OCCCN)c4c3nc(-c3nonc3N)n4CC)c2)c1.O=C(O)C(F)(F)F. The number of nitrogens with zero attached hydrogens (tertiary/aromatic N) is 5. The van der Waals surface area contributed by atoms with Crippen LogP contribution in [-0.4, -0.2) is 73.9 Å². The van der Waals surface area contributed by atoms with Crippen LogP contribution >= 0.6 is 0 Å². The van der Waals surface area contributed by atoms with Gasteiger partial charge in [0.15, 0.2) is 23.1 Å². The summed E-state index contributed by atoms with van der Waals surface area (Å²) in [7, 11) is 0. The Balaban J connectivity index is 0.000000727. The number of nitrogen functional groups attached to an aromatic ring is 1. The maximum Gasteiger partial charge on any atom is 0.490 e. The zero-order valence-corrected chi connectivity index (χ0v) is 26.7. The van der Waals surface area contributed by atoms with Crippen LogP contribution in [-0.2, 0) is 16.1 Å². The van der Waals surface area contributed by atoms with Crippen molar-refractivity contribution < 1.29 is 46.8 Å². The number of ether oxygens (including phenoxy) is 2. The number of pyridine rings is 1. The van der Waals surface area contributed by atoms with Crippen LogP contribution in [0.15, 0.2) is 59.4 Å². The van der Waals surface area contributed by atoms with Gasteiger partial charge >= 0.3 is 24.1 Å². The van der Waals surface area contributed by atoms with Crippen molar-refractivity contribution in [3.05, 3.63) is 60.3 Å². The molecule has 5 aromatic rings. The van der Waals surface area contributed by atoms with Crippen LogP contribution in [0.2, 0.25) is 0 Å². The number of carbonyl (C=O) groups is 3. The molecule has 0 aliphatic heterocycles. The highest BCUT2D eigenvalue weighted by Crippen LogP contribution is 2.37. The minimum atomic E-state index is -5.08. The Morgan fingerprint density at radius 1 is 1.02 bits per heavy atom. The predicted molar refractivity (Wildman–Crippen MR) is 174 cm³/mol. The molecule has 0 atom stereocenters. The number of fused-ring (bicyclic) bond motifs is 1. The number of hydrogen-bond donors (Lipinski definition) is 5. The molecule has 0 spiro atoms. The van der Waals surface area contributed by atoms with Gasteiger partial charge in [-0.2, -0.15) is 13.2 Å². The molecule has 0 aliphatic rings. The average Bonchev–Trinajstić information content (AvgIpc) is 3.68. The topological polar surface area (TPSA) is 236 Å². The number of aliphatic carboxylic acids is 1. The van der Waals surface area contributed by atoms with Crippen molar-refractivity contribution in [1.82, 2.24) is 24.8 Å². The summed E-state index contributed by atoms with van der Waals surface area (Å²) in [4.78, 5) is 43.3. The van der Waals surface area contributed by atoms with Gasteiger partial charge in [-0.1, -0.05) is 18.2 Å². The first-order valence-corrected chi connectivity index (χ1v) is 14.9. The fourth-order valence-electron chi connectivity index (χ4n) is 4.51. The lowest BCUT2D eigenvalue weighted by atomic mass is 10.1. The van der Waals surface area contributed by atoms with Gasteiger partial charge in [0.2, 0.25) is 0 Å². The van der Waals surface area contributed by atoms with E-state index in [4.69, 9.17) is 40.5 Å². The van der Waals surface area contributed by atoms with Crippen LogP contribution in [0.25, 0.3) is 33.8 Å². The minimum absolute atomic E-state index is 0.107. The number of carbonyl (C=O) groups excluding carboxylic acids is 2. The Hall–Kier alpha value is -6.24.